The predicted octanol–water partition coefficient (Wildman–Crippen LogP) is 4.70. The molecule has 2 amide bonds. The Morgan fingerprint density at radius 3 is 2.62 bits per heavy atom. The number of alkyl halides is 2. The van der Waals surface area contributed by atoms with E-state index < -0.39 is 29.3 Å². The summed E-state index contributed by atoms with van der Waals surface area (Å²) in [5.41, 5.74) is -0.571. The normalized spacial score (nSPS) is 18.6. The van der Waals surface area contributed by atoms with Gasteiger partial charge in [-0.3, -0.25) is 24.2 Å². The molecule has 1 saturated carbocycles. The van der Waals surface area contributed by atoms with Crippen LogP contribution in [-0.4, -0.2) is 48.1 Å². The number of amides is 2. The van der Waals surface area contributed by atoms with Crippen LogP contribution in [-0.2, 0) is 4.79 Å². The van der Waals surface area contributed by atoms with Gasteiger partial charge in [-0.25, -0.2) is 28.1 Å². The van der Waals surface area contributed by atoms with Crippen LogP contribution in [0.2, 0.25) is 5.02 Å². The lowest BCUT2D eigenvalue weighted by Gasteiger charge is -2.17. The van der Waals surface area contributed by atoms with Crippen molar-refractivity contribution in [2.75, 3.05) is 16.8 Å². The number of carbonyl (C=O) groups is 2. The van der Waals surface area contributed by atoms with Gasteiger partial charge in [-0.15, -0.1) is 0 Å². The number of carbonyl (C=O) groups excluding carboxylic acids is 2. The molecule has 4 aromatic rings. The molecular weight excluding hydrogens is 549 g/mol. The van der Waals surface area contributed by atoms with Crippen LogP contribution in [0.15, 0.2) is 49.3 Å². The van der Waals surface area contributed by atoms with Crippen LogP contribution in [0.5, 0.6) is 0 Å². The Hall–Kier alpha value is -4.39. The van der Waals surface area contributed by atoms with Gasteiger partial charge in [0.2, 0.25) is 11.9 Å². The molecule has 1 aromatic carbocycles. The summed E-state index contributed by atoms with van der Waals surface area (Å²) in [6, 6.07) is 1.73. The molecule has 3 atom stereocenters. The predicted molar refractivity (Wildman–Crippen MR) is 137 cm³/mol. The van der Waals surface area contributed by atoms with E-state index in [1.807, 2.05) is 6.92 Å². The van der Waals surface area contributed by atoms with Crippen LogP contribution in [0.25, 0.3) is 11.3 Å². The molecule has 3 aromatic heterocycles. The largest absolute Gasteiger partial charge is 0.318 e. The number of hydrogen-bond donors (Lipinski definition) is 1. The van der Waals surface area contributed by atoms with Crippen molar-refractivity contribution in [2.24, 2.45) is 11.8 Å². The number of nitrogens with one attached hydrogen (secondary N) is 1. The van der Waals surface area contributed by atoms with Gasteiger partial charge >= 0.3 is 0 Å². The molecule has 1 N–H and O–H groups in total. The quantitative estimate of drug-likeness (QED) is 0.343. The van der Waals surface area contributed by atoms with E-state index in [9.17, 15) is 22.8 Å². The van der Waals surface area contributed by atoms with Gasteiger partial charge in [0, 0.05) is 47.7 Å². The van der Waals surface area contributed by atoms with Gasteiger partial charge in [-0.2, -0.15) is 5.10 Å². The maximum Gasteiger partial charge on any atom is 0.275 e. The van der Waals surface area contributed by atoms with Crippen molar-refractivity contribution in [3.05, 3.63) is 77.0 Å². The smallest absolute Gasteiger partial charge is 0.275 e. The highest BCUT2D eigenvalue weighted by atomic mass is 35.5. The molecule has 0 radical (unpaired) electrons. The monoisotopic (exact) mass is 568 g/mol. The summed E-state index contributed by atoms with van der Waals surface area (Å²) in [4.78, 5) is 43.4. The fraction of sp³-hybridized carbons (Fsp3) is 0.269. The molecule has 6 rings (SSSR count). The maximum atomic E-state index is 14.7. The number of halogens is 4. The van der Waals surface area contributed by atoms with E-state index in [0.29, 0.717) is 24.1 Å². The molecule has 0 spiro atoms. The Morgan fingerprint density at radius 2 is 1.93 bits per heavy atom. The molecule has 0 unspecified atom stereocenters. The first-order valence-electron chi connectivity index (χ1n) is 12.3. The number of hydrogen-bond acceptors (Lipinski definition) is 7. The van der Waals surface area contributed by atoms with Gasteiger partial charge in [0.15, 0.2) is 5.82 Å². The minimum absolute atomic E-state index is 0.0700. The SMILES string of the molecule is C[C@@H](c1cnc(N2C[C@H]3C[C@H]3C2=O)nc1)n1cc(NC(=O)c2cncc(-c3c(C(F)F)ccc(Cl)c3F)n2)cn1. The van der Waals surface area contributed by atoms with Gasteiger partial charge < -0.3 is 5.32 Å². The van der Waals surface area contributed by atoms with E-state index in [2.05, 4.69) is 30.4 Å². The molecule has 1 saturated heterocycles. The highest BCUT2D eigenvalue weighted by Crippen LogP contribution is 2.46. The number of benzene rings is 1. The van der Waals surface area contributed by atoms with Crippen molar-refractivity contribution in [3.63, 3.8) is 0 Å². The minimum Gasteiger partial charge on any atom is -0.318 e. The van der Waals surface area contributed by atoms with E-state index in [0.717, 1.165) is 36.5 Å². The zero-order chi connectivity index (χ0) is 28.1. The summed E-state index contributed by atoms with van der Waals surface area (Å²) in [5.74, 6) is -0.815. The molecule has 1 aliphatic heterocycles. The summed E-state index contributed by atoms with van der Waals surface area (Å²) < 4.78 is 43.3. The Morgan fingerprint density at radius 1 is 1.15 bits per heavy atom. The van der Waals surface area contributed by atoms with Crippen LogP contribution in [0.3, 0.4) is 0 Å². The zero-order valence-electron chi connectivity index (χ0n) is 20.8. The van der Waals surface area contributed by atoms with Crippen LogP contribution in [0, 0.1) is 17.7 Å². The number of aromatic nitrogens is 6. The topological polar surface area (TPSA) is 119 Å². The number of rotatable bonds is 7. The maximum absolute atomic E-state index is 14.7. The van der Waals surface area contributed by atoms with Gasteiger partial charge in [0.05, 0.1) is 41.0 Å². The van der Waals surface area contributed by atoms with E-state index in [4.69, 9.17) is 11.6 Å². The second kappa shape index (κ2) is 9.97. The van der Waals surface area contributed by atoms with Crippen LogP contribution in [0.4, 0.5) is 24.8 Å². The molecule has 0 bridgehead atoms. The third kappa shape index (κ3) is 4.66. The number of fused-ring (bicyclic) bond motifs is 1. The second-order valence-corrected chi connectivity index (χ2v) is 10.0. The Kier molecular flexibility index (Phi) is 6.45. The fourth-order valence-corrected chi connectivity index (χ4v) is 4.87. The summed E-state index contributed by atoms with van der Waals surface area (Å²) >= 11 is 5.79. The zero-order valence-corrected chi connectivity index (χ0v) is 21.6. The first-order valence-corrected chi connectivity index (χ1v) is 12.7. The highest BCUT2D eigenvalue weighted by Gasteiger charge is 2.53. The lowest BCUT2D eigenvalue weighted by molar-refractivity contribution is -0.118. The number of piperidine rings is 1. The third-order valence-electron chi connectivity index (χ3n) is 7.05. The Bertz CT molecular complexity index is 1630. The molecule has 2 fully saturated rings. The number of anilines is 2. The molecule has 204 valence electrons. The second-order valence-electron chi connectivity index (χ2n) is 9.62. The van der Waals surface area contributed by atoms with Crippen molar-refractivity contribution >= 4 is 35.1 Å². The molecule has 10 nitrogen and oxygen atoms in total. The van der Waals surface area contributed by atoms with Gasteiger partial charge in [-0.1, -0.05) is 17.7 Å². The Labute approximate surface area is 230 Å². The molecule has 4 heterocycles. The van der Waals surface area contributed by atoms with Crippen LogP contribution in [0.1, 0.15) is 47.4 Å². The molecule has 14 heteroatoms. The molecular formula is C26H20ClF3N8O2. The lowest BCUT2D eigenvalue weighted by atomic mass is 10.0. The van der Waals surface area contributed by atoms with E-state index in [1.54, 1.807) is 28.2 Å². The van der Waals surface area contributed by atoms with E-state index >= 15 is 0 Å². The van der Waals surface area contributed by atoms with E-state index in [-0.39, 0.29) is 34.3 Å². The number of nitrogens with zero attached hydrogens (tertiary/aromatic N) is 7. The first kappa shape index (κ1) is 25.9. The molecule has 1 aliphatic carbocycles. The van der Waals surface area contributed by atoms with Gasteiger partial charge in [-0.05, 0) is 25.3 Å². The first-order chi connectivity index (χ1) is 19.2. The van der Waals surface area contributed by atoms with Gasteiger partial charge in [0.1, 0.15) is 5.69 Å². The minimum atomic E-state index is -3.00. The molecule has 2 aliphatic rings. The third-order valence-corrected chi connectivity index (χ3v) is 7.34. The molecule has 40 heavy (non-hydrogen) atoms. The van der Waals surface area contributed by atoms with Crippen LogP contribution >= 0.6 is 11.6 Å². The van der Waals surface area contributed by atoms with Crippen LogP contribution < -0.4 is 10.2 Å². The fourth-order valence-electron chi connectivity index (χ4n) is 4.71. The summed E-state index contributed by atoms with van der Waals surface area (Å²) in [6.45, 7) is 2.51. The average Bonchev–Trinajstić information content (AvgIpc) is 3.45. The lowest BCUT2D eigenvalue weighted by Crippen LogP contribution is -2.29. The van der Waals surface area contributed by atoms with Crippen molar-refractivity contribution in [3.8, 4) is 11.3 Å². The van der Waals surface area contributed by atoms with Crippen molar-refractivity contribution in [1.29, 1.82) is 0 Å². The van der Waals surface area contributed by atoms with Crippen molar-refractivity contribution in [2.45, 2.75) is 25.8 Å². The highest BCUT2D eigenvalue weighted by molar-refractivity contribution is 6.31. The average molecular weight is 569 g/mol. The Balaban J connectivity index is 1.16. The summed E-state index contributed by atoms with van der Waals surface area (Å²) in [6.07, 6.45) is 6.42. The van der Waals surface area contributed by atoms with E-state index in [1.165, 1.54) is 6.20 Å². The van der Waals surface area contributed by atoms with Gasteiger partial charge in [0.25, 0.3) is 12.3 Å². The van der Waals surface area contributed by atoms with Crippen molar-refractivity contribution < 1.29 is 22.8 Å². The summed E-state index contributed by atoms with van der Waals surface area (Å²) in [5, 5.41) is 6.54. The van der Waals surface area contributed by atoms with Crippen molar-refractivity contribution in [1.82, 2.24) is 29.7 Å². The standard InChI is InChI=1S/C26H20ClF3N8O2/c1-12(14-5-32-26(33-6-14)37-10-13-4-17(13)25(37)40)38-11-15(7-34-38)35-24(39)20-9-31-8-19(36-20)21-16(23(29)30)2-3-18(27)22(21)28/h2-3,5-9,11-13,17,23H,4,10H2,1H3,(H,35,39)/t12-,13+,17+/m0/s1. The summed E-state index contributed by atoms with van der Waals surface area (Å²) in [7, 11) is 0.